The number of nitrogens with two attached hydrogens (primary N) is 1. The highest BCUT2D eigenvalue weighted by atomic mass is 16.5. The average molecular weight is 279 g/mol. The number of nitrogens with one attached hydrogen (secondary N) is 1. The second kappa shape index (κ2) is 6.54. The van der Waals surface area contributed by atoms with Gasteiger partial charge in [0.15, 0.2) is 0 Å². The van der Waals surface area contributed by atoms with Crippen LogP contribution in [0.4, 0.5) is 5.95 Å². The smallest absolute Gasteiger partial charge is 0.244 e. The maximum absolute atomic E-state index is 5.78. The predicted molar refractivity (Wildman–Crippen MR) is 77.7 cm³/mol. The minimum Gasteiger partial charge on any atom is -0.378 e. The van der Waals surface area contributed by atoms with E-state index in [-0.39, 0.29) is 0 Å². The highest BCUT2D eigenvalue weighted by Crippen LogP contribution is 2.21. The van der Waals surface area contributed by atoms with Crippen LogP contribution in [-0.2, 0) is 11.2 Å². The zero-order chi connectivity index (χ0) is 13.8. The van der Waals surface area contributed by atoms with Gasteiger partial charge in [-0.1, -0.05) is 0 Å². The molecule has 2 aliphatic heterocycles. The van der Waals surface area contributed by atoms with E-state index < -0.39 is 0 Å². The molecule has 6 nitrogen and oxygen atoms in total. The van der Waals surface area contributed by atoms with E-state index in [1.54, 1.807) is 0 Å². The van der Waals surface area contributed by atoms with Crippen molar-refractivity contribution in [2.24, 2.45) is 11.7 Å². The zero-order valence-corrected chi connectivity index (χ0v) is 12.1. The summed E-state index contributed by atoms with van der Waals surface area (Å²) in [5, 5.41) is 7.43. The van der Waals surface area contributed by atoms with E-state index in [2.05, 4.69) is 20.1 Å². The fourth-order valence-corrected chi connectivity index (χ4v) is 3.15. The molecule has 0 spiro atoms. The summed E-state index contributed by atoms with van der Waals surface area (Å²) in [5.74, 6) is 2.40. The monoisotopic (exact) mass is 279 g/mol. The molecule has 20 heavy (non-hydrogen) atoms. The van der Waals surface area contributed by atoms with Crippen LogP contribution in [0.2, 0.25) is 0 Å². The third-order valence-electron chi connectivity index (χ3n) is 4.38. The fourth-order valence-electron chi connectivity index (χ4n) is 3.15. The summed E-state index contributed by atoms with van der Waals surface area (Å²) in [6, 6.07) is 0. The van der Waals surface area contributed by atoms with Gasteiger partial charge in [-0.15, -0.1) is 5.10 Å². The number of anilines is 1. The number of H-pyrrole nitrogens is 1. The van der Waals surface area contributed by atoms with Gasteiger partial charge in [-0.2, -0.15) is 4.98 Å². The van der Waals surface area contributed by atoms with Crippen LogP contribution in [0.1, 0.15) is 37.9 Å². The van der Waals surface area contributed by atoms with Gasteiger partial charge in [0.1, 0.15) is 5.82 Å². The summed E-state index contributed by atoms with van der Waals surface area (Å²) in [5.41, 5.74) is 5.78. The Balaban J connectivity index is 1.53. The third-order valence-corrected chi connectivity index (χ3v) is 4.38. The minimum absolute atomic E-state index is 0.417. The Morgan fingerprint density at radius 2 is 2.30 bits per heavy atom. The normalized spacial score (nSPS) is 27.1. The molecule has 1 aromatic heterocycles. The largest absolute Gasteiger partial charge is 0.378 e. The molecular weight excluding hydrogens is 254 g/mol. The first-order valence-electron chi connectivity index (χ1n) is 7.83. The van der Waals surface area contributed by atoms with Crippen molar-refractivity contribution in [1.82, 2.24) is 15.2 Å². The van der Waals surface area contributed by atoms with Crippen molar-refractivity contribution in [3.05, 3.63) is 5.82 Å². The van der Waals surface area contributed by atoms with E-state index in [9.17, 15) is 0 Å². The molecule has 2 atom stereocenters. The van der Waals surface area contributed by atoms with Gasteiger partial charge in [-0.25, -0.2) is 0 Å². The molecule has 3 rings (SSSR count). The molecule has 3 heterocycles. The zero-order valence-electron chi connectivity index (χ0n) is 12.1. The fraction of sp³-hybridized carbons (Fsp3) is 0.857. The lowest BCUT2D eigenvalue weighted by Crippen LogP contribution is -2.39. The molecule has 2 fully saturated rings. The van der Waals surface area contributed by atoms with Gasteiger partial charge >= 0.3 is 0 Å². The third kappa shape index (κ3) is 3.30. The van der Waals surface area contributed by atoms with Crippen molar-refractivity contribution in [1.29, 1.82) is 0 Å². The Morgan fingerprint density at radius 1 is 1.35 bits per heavy atom. The summed E-state index contributed by atoms with van der Waals surface area (Å²) < 4.78 is 5.64. The maximum Gasteiger partial charge on any atom is 0.244 e. The Labute approximate surface area is 120 Å². The molecule has 2 aliphatic rings. The molecule has 6 heteroatoms. The summed E-state index contributed by atoms with van der Waals surface area (Å²) >= 11 is 0. The van der Waals surface area contributed by atoms with Crippen molar-refractivity contribution < 1.29 is 4.74 Å². The first-order valence-corrected chi connectivity index (χ1v) is 7.83. The van der Waals surface area contributed by atoms with Gasteiger partial charge in [0, 0.05) is 26.1 Å². The average Bonchev–Trinajstić information content (AvgIpc) is 3.16. The van der Waals surface area contributed by atoms with Crippen molar-refractivity contribution in [3.8, 4) is 0 Å². The number of ether oxygens (including phenoxy) is 1. The summed E-state index contributed by atoms with van der Waals surface area (Å²) in [4.78, 5) is 6.88. The molecular formula is C14H25N5O. The molecule has 0 amide bonds. The van der Waals surface area contributed by atoms with Gasteiger partial charge in [-0.3, -0.25) is 5.10 Å². The van der Waals surface area contributed by atoms with Crippen LogP contribution < -0.4 is 10.6 Å². The lowest BCUT2D eigenvalue weighted by molar-refractivity contribution is 0.104. The Bertz CT molecular complexity index is 415. The van der Waals surface area contributed by atoms with Crippen molar-refractivity contribution >= 4 is 5.95 Å². The molecule has 112 valence electrons. The van der Waals surface area contributed by atoms with Crippen LogP contribution in [0.5, 0.6) is 0 Å². The van der Waals surface area contributed by atoms with Crippen molar-refractivity contribution in [2.45, 2.75) is 44.6 Å². The molecule has 0 aliphatic carbocycles. The summed E-state index contributed by atoms with van der Waals surface area (Å²) in [6.45, 7) is 3.70. The molecule has 2 saturated heterocycles. The molecule has 3 N–H and O–H groups in total. The number of hydrogen-bond donors (Lipinski definition) is 2. The first-order chi connectivity index (χ1) is 9.85. The summed E-state index contributed by atoms with van der Waals surface area (Å²) in [6.07, 6.45) is 7.17. The Hall–Kier alpha value is -1.14. The standard InChI is InChI=1S/C14H25N5O/c15-9-11-3-1-7-19(10-11)14-16-13(17-18-14)6-5-12-4-2-8-20-12/h11-12H,1-10,15H2,(H,16,17,18). The summed E-state index contributed by atoms with van der Waals surface area (Å²) in [7, 11) is 0. The molecule has 1 aromatic rings. The number of piperidine rings is 1. The van der Waals surface area contributed by atoms with Crippen LogP contribution in [-0.4, -0.2) is 47.5 Å². The molecule has 0 saturated carbocycles. The number of rotatable bonds is 5. The van der Waals surface area contributed by atoms with E-state index >= 15 is 0 Å². The van der Waals surface area contributed by atoms with Crippen LogP contribution in [0.25, 0.3) is 0 Å². The van der Waals surface area contributed by atoms with Crippen molar-refractivity contribution in [2.75, 3.05) is 31.1 Å². The van der Waals surface area contributed by atoms with E-state index in [0.717, 1.165) is 50.9 Å². The van der Waals surface area contributed by atoms with Crippen LogP contribution in [0.15, 0.2) is 0 Å². The second-order valence-electron chi connectivity index (χ2n) is 5.95. The Kier molecular flexibility index (Phi) is 4.52. The molecule has 0 bridgehead atoms. The van der Waals surface area contributed by atoms with E-state index in [1.165, 1.54) is 25.7 Å². The van der Waals surface area contributed by atoms with Gasteiger partial charge in [0.2, 0.25) is 5.95 Å². The lowest BCUT2D eigenvalue weighted by Gasteiger charge is -2.31. The van der Waals surface area contributed by atoms with Gasteiger partial charge < -0.3 is 15.4 Å². The predicted octanol–water partition coefficient (Wildman–Crippen LogP) is 1.09. The molecule has 0 radical (unpaired) electrons. The topological polar surface area (TPSA) is 80.1 Å². The highest BCUT2D eigenvalue weighted by molar-refractivity contribution is 5.29. The molecule has 2 unspecified atom stereocenters. The number of aromatic amines is 1. The second-order valence-corrected chi connectivity index (χ2v) is 5.95. The van der Waals surface area contributed by atoms with E-state index in [4.69, 9.17) is 10.5 Å². The minimum atomic E-state index is 0.417. The van der Waals surface area contributed by atoms with Crippen LogP contribution >= 0.6 is 0 Å². The van der Waals surface area contributed by atoms with E-state index in [1.807, 2.05) is 0 Å². The van der Waals surface area contributed by atoms with Gasteiger partial charge in [-0.05, 0) is 44.6 Å². The van der Waals surface area contributed by atoms with Gasteiger partial charge in [0.05, 0.1) is 6.10 Å². The van der Waals surface area contributed by atoms with Gasteiger partial charge in [0.25, 0.3) is 0 Å². The first kappa shape index (κ1) is 13.8. The van der Waals surface area contributed by atoms with Crippen LogP contribution in [0, 0.1) is 5.92 Å². The van der Waals surface area contributed by atoms with E-state index in [0.29, 0.717) is 12.0 Å². The van der Waals surface area contributed by atoms with Crippen LogP contribution in [0.3, 0.4) is 0 Å². The number of nitrogens with zero attached hydrogens (tertiary/aromatic N) is 3. The number of aromatic nitrogens is 3. The SMILES string of the molecule is NCC1CCCN(c2n[nH]c(CCC3CCCO3)n2)C1. The number of aryl methyl sites for hydroxylation is 1. The lowest BCUT2D eigenvalue weighted by atomic mass is 9.99. The van der Waals surface area contributed by atoms with Crippen molar-refractivity contribution in [3.63, 3.8) is 0 Å². The quantitative estimate of drug-likeness (QED) is 0.843. The maximum atomic E-state index is 5.78. The highest BCUT2D eigenvalue weighted by Gasteiger charge is 2.22. The molecule has 0 aromatic carbocycles. The number of hydrogen-bond acceptors (Lipinski definition) is 5. The Morgan fingerprint density at radius 3 is 3.10 bits per heavy atom.